The Morgan fingerprint density at radius 1 is 0.565 bits per heavy atom. The van der Waals surface area contributed by atoms with E-state index in [-0.39, 0.29) is 0 Å². The minimum atomic E-state index is 0.374. The molecule has 0 saturated carbocycles. The molecule has 0 saturated heterocycles. The molecule has 1 unspecified atom stereocenters. The summed E-state index contributed by atoms with van der Waals surface area (Å²) in [5.74, 6) is 0. The van der Waals surface area contributed by atoms with Gasteiger partial charge >= 0.3 is 0 Å². The molecule has 3 aromatic rings. The third-order valence-corrected chi connectivity index (χ3v) is 6.74. The summed E-state index contributed by atoms with van der Waals surface area (Å²) in [6, 6.07) is 32.3. The van der Waals surface area contributed by atoms with Crippen molar-refractivity contribution in [3.05, 3.63) is 108 Å². The average molecular weight is 332 g/mol. The van der Waals surface area contributed by atoms with Gasteiger partial charge in [0.1, 0.15) is 0 Å². The summed E-state index contributed by atoms with van der Waals surface area (Å²) in [6.07, 6.45) is 0. The molecule has 0 bridgehead atoms. The van der Waals surface area contributed by atoms with E-state index in [9.17, 15) is 0 Å². The number of hydrogen-bond acceptors (Lipinski definition) is 2. The lowest BCUT2D eigenvalue weighted by atomic mass is 9.95. The van der Waals surface area contributed by atoms with Crippen LogP contribution in [0.25, 0.3) is 10.5 Å². The number of benzene rings is 3. The Kier molecular flexibility index (Phi) is 4.27. The topological polar surface area (TPSA) is 0 Å². The van der Waals surface area contributed by atoms with Crippen LogP contribution in [0.15, 0.2) is 91.0 Å². The molecule has 0 aromatic heterocycles. The molecule has 1 aliphatic heterocycles. The second-order valence-corrected chi connectivity index (χ2v) is 7.76. The van der Waals surface area contributed by atoms with Gasteiger partial charge in [-0.15, -0.1) is 0 Å². The van der Waals surface area contributed by atoms with Crippen LogP contribution in [0, 0.1) is 0 Å². The highest BCUT2D eigenvalue weighted by molar-refractivity contribution is 8.81. The van der Waals surface area contributed by atoms with Crippen molar-refractivity contribution in [1.29, 1.82) is 0 Å². The highest BCUT2D eigenvalue weighted by Crippen LogP contribution is 2.61. The summed E-state index contributed by atoms with van der Waals surface area (Å²) in [7, 11) is 3.84. The van der Waals surface area contributed by atoms with Crippen LogP contribution in [-0.4, -0.2) is 0 Å². The lowest BCUT2D eigenvalue weighted by Gasteiger charge is -2.15. The second kappa shape index (κ2) is 6.69. The van der Waals surface area contributed by atoms with E-state index in [4.69, 9.17) is 0 Å². The van der Waals surface area contributed by atoms with Crippen LogP contribution in [0.5, 0.6) is 0 Å². The highest BCUT2D eigenvalue weighted by Gasteiger charge is 2.30. The lowest BCUT2D eigenvalue weighted by Crippen LogP contribution is -1.95. The fraction of sp³-hybridized carbons (Fsp3) is 0.0476. The van der Waals surface area contributed by atoms with Crippen molar-refractivity contribution in [2.75, 3.05) is 0 Å². The van der Waals surface area contributed by atoms with Gasteiger partial charge < -0.3 is 0 Å². The molecule has 0 fully saturated rings. The van der Waals surface area contributed by atoms with E-state index in [2.05, 4.69) is 91.0 Å². The van der Waals surface area contributed by atoms with Gasteiger partial charge in [-0.3, -0.25) is 0 Å². The smallest absolute Gasteiger partial charge is 0.0671 e. The first kappa shape index (κ1) is 14.7. The first-order chi connectivity index (χ1) is 11.4. The Morgan fingerprint density at radius 3 is 1.70 bits per heavy atom. The standard InChI is InChI=1S/C21H16S2/c1-4-10-16(11-5-1)19-20(17-12-6-2-7-13-17)22-23-21(19)18-14-8-3-9-15-18/h1-15,20H. The van der Waals surface area contributed by atoms with E-state index in [0.717, 1.165) is 0 Å². The molecule has 112 valence electrons. The van der Waals surface area contributed by atoms with Crippen molar-refractivity contribution in [2.24, 2.45) is 0 Å². The Balaban J connectivity index is 1.88. The molecular formula is C21H16S2. The first-order valence-electron chi connectivity index (χ1n) is 7.67. The molecule has 1 aliphatic rings. The van der Waals surface area contributed by atoms with Gasteiger partial charge in [-0.1, -0.05) is 113 Å². The van der Waals surface area contributed by atoms with Gasteiger partial charge in [0, 0.05) is 4.91 Å². The molecule has 0 aliphatic carbocycles. The highest BCUT2D eigenvalue weighted by atomic mass is 33.1. The van der Waals surface area contributed by atoms with E-state index in [0.29, 0.717) is 5.25 Å². The largest absolute Gasteiger partial charge is 0.0757 e. The Labute approximate surface area is 145 Å². The molecule has 3 aromatic carbocycles. The maximum Gasteiger partial charge on any atom is 0.0671 e. The minimum absolute atomic E-state index is 0.374. The summed E-state index contributed by atoms with van der Waals surface area (Å²) in [5, 5.41) is 0.374. The van der Waals surface area contributed by atoms with E-state index in [1.165, 1.54) is 27.2 Å². The molecule has 0 radical (unpaired) electrons. The fourth-order valence-corrected chi connectivity index (χ4v) is 6.05. The molecule has 1 atom stereocenters. The molecule has 1 heterocycles. The van der Waals surface area contributed by atoms with Crippen LogP contribution in [0.3, 0.4) is 0 Å². The van der Waals surface area contributed by atoms with Gasteiger partial charge in [0.05, 0.1) is 5.25 Å². The van der Waals surface area contributed by atoms with Crippen molar-refractivity contribution < 1.29 is 0 Å². The van der Waals surface area contributed by atoms with Gasteiger partial charge in [0.25, 0.3) is 0 Å². The van der Waals surface area contributed by atoms with Gasteiger partial charge in [-0.05, 0) is 22.3 Å². The quantitative estimate of drug-likeness (QED) is 0.490. The number of hydrogen-bond donors (Lipinski definition) is 0. The summed E-state index contributed by atoms with van der Waals surface area (Å²) in [6.45, 7) is 0. The summed E-state index contributed by atoms with van der Waals surface area (Å²) in [5.41, 5.74) is 5.42. The third kappa shape index (κ3) is 2.97. The zero-order valence-corrected chi connectivity index (χ0v) is 14.2. The molecular weight excluding hydrogens is 316 g/mol. The predicted octanol–water partition coefficient (Wildman–Crippen LogP) is 6.69. The van der Waals surface area contributed by atoms with Crippen LogP contribution in [-0.2, 0) is 0 Å². The average Bonchev–Trinajstić information content (AvgIpc) is 3.09. The maximum atomic E-state index is 2.23. The van der Waals surface area contributed by atoms with Crippen LogP contribution < -0.4 is 0 Å². The van der Waals surface area contributed by atoms with Crippen LogP contribution in [0.1, 0.15) is 21.9 Å². The summed E-state index contributed by atoms with van der Waals surface area (Å²) >= 11 is 0. The zero-order chi connectivity index (χ0) is 15.5. The molecule has 2 heteroatoms. The predicted molar refractivity (Wildman–Crippen MR) is 104 cm³/mol. The fourth-order valence-electron chi connectivity index (χ4n) is 2.85. The summed E-state index contributed by atoms with van der Waals surface area (Å²) < 4.78 is 0. The van der Waals surface area contributed by atoms with Gasteiger partial charge in [0.15, 0.2) is 0 Å². The van der Waals surface area contributed by atoms with E-state index >= 15 is 0 Å². The van der Waals surface area contributed by atoms with Gasteiger partial charge in [0.2, 0.25) is 0 Å². The molecule has 0 spiro atoms. The lowest BCUT2D eigenvalue weighted by molar-refractivity contribution is 1.26. The molecule has 0 amide bonds. The van der Waals surface area contributed by atoms with Crippen LogP contribution in [0.4, 0.5) is 0 Å². The summed E-state index contributed by atoms with van der Waals surface area (Å²) in [4.78, 5) is 1.38. The van der Waals surface area contributed by atoms with Gasteiger partial charge in [-0.2, -0.15) is 0 Å². The van der Waals surface area contributed by atoms with E-state index in [1.807, 2.05) is 21.6 Å². The molecule has 0 nitrogen and oxygen atoms in total. The Bertz CT molecular complexity index is 808. The van der Waals surface area contributed by atoms with Crippen molar-refractivity contribution in [3.63, 3.8) is 0 Å². The van der Waals surface area contributed by atoms with Crippen molar-refractivity contribution in [1.82, 2.24) is 0 Å². The van der Waals surface area contributed by atoms with E-state index < -0.39 is 0 Å². The molecule has 0 N–H and O–H groups in total. The van der Waals surface area contributed by atoms with Gasteiger partial charge in [-0.25, -0.2) is 0 Å². The minimum Gasteiger partial charge on any atom is -0.0757 e. The Morgan fingerprint density at radius 2 is 1.09 bits per heavy atom. The van der Waals surface area contributed by atoms with Crippen LogP contribution in [0.2, 0.25) is 0 Å². The van der Waals surface area contributed by atoms with E-state index in [1.54, 1.807) is 0 Å². The second-order valence-electron chi connectivity index (χ2n) is 5.45. The SMILES string of the molecule is c1ccc(C2=C(c3ccccc3)C(c3ccccc3)SS2)cc1. The normalized spacial score (nSPS) is 17.5. The van der Waals surface area contributed by atoms with Crippen molar-refractivity contribution in [3.8, 4) is 0 Å². The molecule has 23 heavy (non-hydrogen) atoms. The number of rotatable bonds is 3. The monoisotopic (exact) mass is 332 g/mol. The zero-order valence-electron chi connectivity index (χ0n) is 12.6. The van der Waals surface area contributed by atoms with Crippen molar-refractivity contribution in [2.45, 2.75) is 5.25 Å². The maximum absolute atomic E-state index is 2.23. The van der Waals surface area contributed by atoms with Crippen molar-refractivity contribution >= 4 is 32.1 Å². The molecule has 4 rings (SSSR count). The Hall–Kier alpha value is -1.90. The third-order valence-electron chi connectivity index (χ3n) is 3.96. The first-order valence-corrected chi connectivity index (χ1v) is 9.88. The van der Waals surface area contributed by atoms with Crippen LogP contribution >= 0.6 is 21.6 Å².